The Balaban J connectivity index is 1.89. The molecule has 0 aliphatic carbocycles. The predicted octanol–water partition coefficient (Wildman–Crippen LogP) is 5.29. The number of unbranched alkanes of at least 4 members (excludes halogenated alkanes) is 1. The van der Waals surface area contributed by atoms with Crippen LogP contribution in [0, 0.1) is 11.3 Å². The predicted molar refractivity (Wildman–Crippen MR) is 109 cm³/mol. The first-order valence-electron chi connectivity index (χ1n) is 8.91. The number of halogens is 1. The van der Waals surface area contributed by atoms with Crippen molar-refractivity contribution in [3.63, 3.8) is 0 Å². The van der Waals surface area contributed by atoms with E-state index < -0.39 is 5.54 Å². The lowest BCUT2D eigenvalue weighted by molar-refractivity contribution is -0.119. The molecule has 0 bridgehead atoms. The molecule has 140 valence electrons. The largest absolute Gasteiger partial charge is 0.494 e. The molecule has 0 fully saturated rings. The number of amides is 1. The second-order valence-electron chi connectivity index (χ2n) is 6.76. The van der Waals surface area contributed by atoms with Gasteiger partial charge in [0.05, 0.1) is 16.5 Å². The van der Waals surface area contributed by atoms with Crippen molar-refractivity contribution in [2.45, 2.75) is 38.6 Å². The third-order valence-electron chi connectivity index (χ3n) is 4.69. The molecule has 27 heavy (non-hydrogen) atoms. The molecule has 1 aliphatic heterocycles. The highest BCUT2D eigenvalue weighted by atomic mass is 35.5. The molecule has 1 atom stereocenters. The number of rotatable bonds is 6. The molecule has 2 aromatic rings. The Labute approximate surface area is 168 Å². The van der Waals surface area contributed by atoms with Gasteiger partial charge in [0, 0.05) is 11.3 Å². The number of carbonyl (C=O) groups is 1. The smallest absolute Gasteiger partial charge is 0.262 e. The zero-order valence-corrected chi connectivity index (χ0v) is 16.9. The molecule has 6 heteroatoms. The number of hydrogen-bond donors (Lipinski definition) is 1. The molecule has 0 saturated heterocycles. The minimum atomic E-state index is -0.606. The van der Waals surface area contributed by atoms with Gasteiger partial charge in [-0.2, -0.15) is 5.26 Å². The van der Waals surface area contributed by atoms with Crippen LogP contribution in [0.2, 0.25) is 4.34 Å². The number of nitriles is 1. The van der Waals surface area contributed by atoms with Crippen molar-refractivity contribution < 1.29 is 9.53 Å². The number of thiophene rings is 1. The minimum absolute atomic E-state index is 0.158. The van der Waals surface area contributed by atoms with Gasteiger partial charge in [-0.05, 0) is 48.7 Å². The maximum atomic E-state index is 12.6. The van der Waals surface area contributed by atoms with Crippen LogP contribution in [0.5, 0.6) is 5.75 Å². The molecule has 4 nitrogen and oxygen atoms in total. The number of benzene rings is 1. The van der Waals surface area contributed by atoms with Crippen LogP contribution < -0.4 is 10.1 Å². The van der Waals surface area contributed by atoms with Gasteiger partial charge in [0.25, 0.3) is 5.91 Å². The third kappa shape index (κ3) is 4.18. The van der Waals surface area contributed by atoms with Gasteiger partial charge in [-0.1, -0.05) is 37.1 Å². The van der Waals surface area contributed by atoms with E-state index >= 15 is 0 Å². The van der Waals surface area contributed by atoms with E-state index in [-0.39, 0.29) is 11.5 Å². The highest BCUT2D eigenvalue weighted by molar-refractivity contribution is 7.17. The Hall–Kier alpha value is -2.29. The molecule has 0 unspecified atom stereocenters. The van der Waals surface area contributed by atoms with Crippen LogP contribution in [0.1, 0.15) is 43.6 Å². The molecule has 0 saturated carbocycles. The van der Waals surface area contributed by atoms with Crippen LogP contribution in [-0.4, -0.2) is 12.5 Å². The average Bonchev–Trinajstić information content (AvgIpc) is 3.08. The highest BCUT2D eigenvalue weighted by Crippen LogP contribution is 2.41. The standard InChI is InChI=1S/C21H21ClN2O2S/c1-3-4-11-26-15-7-5-14(6-8-15)21(2)12-16(17(13-23)20(25)24-21)18-9-10-19(22)27-18/h5-10H,3-4,11-12H2,1-2H3,(H,24,25)/t21-/m0/s1. The summed E-state index contributed by atoms with van der Waals surface area (Å²) >= 11 is 7.44. The molecular weight excluding hydrogens is 380 g/mol. The number of hydrogen-bond acceptors (Lipinski definition) is 4. The second kappa shape index (κ2) is 8.16. The van der Waals surface area contributed by atoms with E-state index in [0.29, 0.717) is 17.4 Å². The Bertz CT molecular complexity index is 911. The van der Waals surface area contributed by atoms with Gasteiger partial charge < -0.3 is 10.1 Å². The van der Waals surface area contributed by atoms with Crippen LogP contribution in [-0.2, 0) is 10.3 Å². The minimum Gasteiger partial charge on any atom is -0.494 e. The normalized spacial score (nSPS) is 19.6. The van der Waals surface area contributed by atoms with Crippen LogP contribution >= 0.6 is 22.9 Å². The number of nitrogens with one attached hydrogen (secondary N) is 1. The van der Waals surface area contributed by atoms with Gasteiger partial charge in [-0.3, -0.25) is 4.79 Å². The topological polar surface area (TPSA) is 62.1 Å². The molecule has 1 aromatic heterocycles. The molecular formula is C21H21ClN2O2S. The van der Waals surface area contributed by atoms with Gasteiger partial charge in [0.2, 0.25) is 0 Å². The van der Waals surface area contributed by atoms with Crippen molar-refractivity contribution >= 4 is 34.4 Å². The summed E-state index contributed by atoms with van der Waals surface area (Å²) in [6.45, 7) is 4.79. The maximum Gasteiger partial charge on any atom is 0.262 e. The molecule has 1 N–H and O–H groups in total. The van der Waals surface area contributed by atoms with Gasteiger partial charge in [-0.15, -0.1) is 11.3 Å². The van der Waals surface area contributed by atoms with Crippen LogP contribution in [0.25, 0.3) is 5.57 Å². The van der Waals surface area contributed by atoms with Crippen molar-refractivity contribution in [2.75, 3.05) is 6.61 Å². The Morgan fingerprint density at radius 2 is 2.04 bits per heavy atom. The summed E-state index contributed by atoms with van der Waals surface area (Å²) in [5.74, 6) is 0.463. The van der Waals surface area contributed by atoms with Crippen molar-refractivity contribution in [1.82, 2.24) is 5.32 Å². The number of carbonyl (C=O) groups excluding carboxylic acids is 1. The Morgan fingerprint density at radius 3 is 2.63 bits per heavy atom. The lowest BCUT2D eigenvalue weighted by Crippen LogP contribution is -2.47. The quantitative estimate of drug-likeness (QED) is 0.670. The van der Waals surface area contributed by atoms with Gasteiger partial charge in [0.1, 0.15) is 17.4 Å². The van der Waals surface area contributed by atoms with E-state index in [0.717, 1.165) is 34.6 Å². The molecule has 1 amide bonds. The highest BCUT2D eigenvalue weighted by Gasteiger charge is 2.38. The van der Waals surface area contributed by atoms with Crippen LogP contribution in [0.3, 0.4) is 0 Å². The fourth-order valence-corrected chi connectivity index (χ4v) is 4.26. The summed E-state index contributed by atoms with van der Waals surface area (Å²) in [5, 5.41) is 12.5. The molecule has 0 radical (unpaired) electrons. The first-order chi connectivity index (χ1) is 13.0. The van der Waals surface area contributed by atoms with Crippen LogP contribution in [0.15, 0.2) is 42.0 Å². The number of nitrogens with zero attached hydrogens (tertiary/aromatic N) is 1. The fraction of sp³-hybridized carbons (Fsp3) is 0.333. The summed E-state index contributed by atoms with van der Waals surface area (Å²) in [5.41, 5.74) is 1.26. The summed E-state index contributed by atoms with van der Waals surface area (Å²) in [7, 11) is 0. The van der Waals surface area contributed by atoms with Gasteiger partial charge in [-0.25, -0.2) is 0 Å². The van der Waals surface area contributed by atoms with E-state index in [1.54, 1.807) is 6.07 Å². The summed E-state index contributed by atoms with van der Waals surface area (Å²) < 4.78 is 6.35. The lowest BCUT2D eigenvalue weighted by atomic mass is 9.80. The van der Waals surface area contributed by atoms with Crippen molar-refractivity contribution in [1.29, 1.82) is 5.26 Å². The van der Waals surface area contributed by atoms with E-state index in [1.807, 2.05) is 43.3 Å². The zero-order chi connectivity index (χ0) is 19.4. The van der Waals surface area contributed by atoms with E-state index in [1.165, 1.54) is 11.3 Å². The molecule has 1 aromatic carbocycles. The van der Waals surface area contributed by atoms with E-state index in [2.05, 4.69) is 12.2 Å². The lowest BCUT2D eigenvalue weighted by Gasteiger charge is -2.36. The Kier molecular flexibility index (Phi) is 5.88. The number of ether oxygens (including phenoxy) is 1. The van der Waals surface area contributed by atoms with Crippen LogP contribution in [0.4, 0.5) is 0 Å². The van der Waals surface area contributed by atoms with Gasteiger partial charge >= 0.3 is 0 Å². The van der Waals surface area contributed by atoms with Crippen molar-refractivity contribution in [3.8, 4) is 11.8 Å². The van der Waals surface area contributed by atoms with E-state index in [9.17, 15) is 10.1 Å². The zero-order valence-electron chi connectivity index (χ0n) is 15.3. The molecule has 0 spiro atoms. The third-order valence-corrected chi connectivity index (χ3v) is 5.98. The second-order valence-corrected chi connectivity index (χ2v) is 8.47. The Morgan fingerprint density at radius 1 is 1.30 bits per heavy atom. The first-order valence-corrected chi connectivity index (χ1v) is 10.1. The van der Waals surface area contributed by atoms with Gasteiger partial charge in [0.15, 0.2) is 0 Å². The van der Waals surface area contributed by atoms with E-state index in [4.69, 9.17) is 16.3 Å². The molecule has 1 aliphatic rings. The average molecular weight is 401 g/mol. The van der Waals surface area contributed by atoms with Crippen molar-refractivity contribution in [3.05, 3.63) is 56.7 Å². The molecule has 3 rings (SSSR count). The SMILES string of the molecule is CCCCOc1ccc([C@]2(C)CC(c3ccc(Cl)s3)=C(C#N)C(=O)N2)cc1. The fourth-order valence-electron chi connectivity index (χ4n) is 3.17. The summed E-state index contributed by atoms with van der Waals surface area (Å²) in [6.07, 6.45) is 2.63. The first kappa shape index (κ1) is 19.5. The van der Waals surface area contributed by atoms with Crippen molar-refractivity contribution in [2.24, 2.45) is 0 Å². The molecule has 2 heterocycles. The monoisotopic (exact) mass is 400 g/mol. The summed E-state index contributed by atoms with van der Waals surface area (Å²) in [6, 6.07) is 13.5. The maximum absolute atomic E-state index is 12.6. The summed E-state index contributed by atoms with van der Waals surface area (Å²) in [4.78, 5) is 13.5.